The fourth-order valence-electron chi connectivity index (χ4n) is 14.4. The van der Waals surface area contributed by atoms with Crippen LogP contribution in [0.4, 0.5) is 9.59 Å². The number of aliphatic carboxylic acids is 5. The number of nitrogens with two attached hydrogens (primary N) is 1. The molecular weight excluding hydrogens is 1860 g/mol. The Morgan fingerprint density at radius 1 is 0.587 bits per heavy atom. The molecule has 138 heavy (non-hydrogen) atoms. The lowest BCUT2D eigenvalue weighted by Crippen LogP contribution is -2.59. The Hall–Kier alpha value is -12.8. The second-order valence-electron chi connectivity index (χ2n) is 33.7. The van der Waals surface area contributed by atoms with Crippen molar-refractivity contribution in [2.24, 2.45) is 23.5 Å². The number of likely N-dealkylation sites (tertiary alicyclic amines) is 1. The summed E-state index contributed by atoms with van der Waals surface area (Å²) in [5.74, 6) is -18.1. The van der Waals surface area contributed by atoms with Crippen molar-refractivity contribution in [1.29, 1.82) is 0 Å². The minimum atomic E-state index is -1.91. The fourth-order valence-corrected chi connectivity index (χ4v) is 17.2. The number of aromatic hydroxyl groups is 1. The summed E-state index contributed by atoms with van der Waals surface area (Å²) in [6.45, 7) is 11.4. The average Bonchev–Trinajstić information content (AvgIpc) is 1.09. The number of hydrazine groups is 1. The van der Waals surface area contributed by atoms with E-state index in [1.54, 1.807) is 79.7 Å². The number of carbonyl (C=O) groups is 19. The Morgan fingerprint density at radius 3 is 1.77 bits per heavy atom. The molecule has 1 aromatic heterocycles. The number of ether oxygens (including phenoxy) is 3. The predicted molar refractivity (Wildman–Crippen MR) is 504 cm³/mol. The maximum absolute atomic E-state index is 15.1. The number of carboxylic acid groups (broad SMARTS) is 5. The quantitative estimate of drug-likeness (QED) is 0.00745. The Bertz CT molecular complexity index is 4720. The highest BCUT2D eigenvalue weighted by molar-refractivity contribution is 8.76. The van der Waals surface area contributed by atoms with Gasteiger partial charge in [-0.05, 0) is 112 Å². The Morgan fingerprint density at radius 2 is 1.18 bits per heavy atom. The van der Waals surface area contributed by atoms with E-state index >= 15 is 4.79 Å². The molecule has 2 unspecified atom stereocenters. The van der Waals surface area contributed by atoms with Gasteiger partial charge in [0.1, 0.15) is 71.4 Å². The zero-order chi connectivity index (χ0) is 102. The molecule has 20 N–H and O–H groups in total. The molecule has 0 aliphatic carbocycles. The van der Waals surface area contributed by atoms with Gasteiger partial charge in [0.25, 0.3) is 5.91 Å². The number of likely N-dealkylation sites (N-methyl/N-ethyl adjacent to an activating group) is 1. The van der Waals surface area contributed by atoms with Crippen LogP contribution in [0.15, 0.2) is 90.3 Å². The number of nitrogens with one attached hydrogen (secondary N) is 12. The number of urea groups is 1. The van der Waals surface area contributed by atoms with E-state index in [1.807, 2.05) is 45.0 Å². The molecule has 1 aliphatic heterocycles. The third-order valence-corrected chi connectivity index (χ3v) is 25.6. The number of amides is 13. The van der Waals surface area contributed by atoms with E-state index in [-0.39, 0.29) is 117 Å². The van der Waals surface area contributed by atoms with E-state index in [0.29, 0.717) is 68.2 Å². The first-order valence-electron chi connectivity index (χ1n) is 45.5. The number of nitrogens with zero attached hydrogens (tertiary/aromatic N) is 3. The van der Waals surface area contributed by atoms with Crippen molar-refractivity contribution in [3.05, 3.63) is 118 Å². The molecule has 0 saturated carbocycles. The number of benzene rings is 3. The summed E-state index contributed by atoms with van der Waals surface area (Å²) >= 11 is 1.00. The van der Waals surface area contributed by atoms with E-state index in [9.17, 15) is 112 Å². The lowest BCUT2D eigenvalue weighted by molar-refractivity contribution is -0.161. The number of carboxylic acids is 5. The first-order valence-corrected chi connectivity index (χ1v) is 48.9. The van der Waals surface area contributed by atoms with Crippen molar-refractivity contribution in [3.8, 4) is 5.75 Å². The summed E-state index contributed by atoms with van der Waals surface area (Å²) in [5.41, 5.74) is 12.4. The molecule has 5 rings (SSSR count). The van der Waals surface area contributed by atoms with Crippen molar-refractivity contribution < 1.29 is 136 Å². The van der Waals surface area contributed by atoms with Crippen LogP contribution in [0.3, 0.4) is 0 Å². The van der Waals surface area contributed by atoms with Gasteiger partial charge in [-0.3, -0.25) is 77.4 Å². The van der Waals surface area contributed by atoms with Crippen molar-refractivity contribution >= 4 is 146 Å². The number of carbonyl (C=O) groups excluding carboxylic acids is 14. The van der Waals surface area contributed by atoms with Crippen LogP contribution in [0.5, 0.6) is 5.75 Å². The maximum Gasteiger partial charge on any atom is 0.426 e. The molecule has 0 spiro atoms. The summed E-state index contributed by atoms with van der Waals surface area (Å²) in [7, 11) is 3.76. The van der Waals surface area contributed by atoms with Gasteiger partial charge in [0, 0.05) is 99.8 Å². The molecule has 1 saturated heterocycles. The number of hydrogen-bond acceptors (Lipinski definition) is 29. The van der Waals surface area contributed by atoms with Crippen LogP contribution >= 0.6 is 32.9 Å². The van der Waals surface area contributed by atoms with Crippen LogP contribution in [-0.4, -0.2) is 276 Å². The van der Waals surface area contributed by atoms with Crippen molar-refractivity contribution in [3.63, 3.8) is 0 Å². The zero-order valence-electron chi connectivity index (χ0n) is 78.4. The van der Waals surface area contributed by atoms with Crippen LogP contribution in [0.1, 0.15) is 202 Å². The monoisotopic (exact) mass is 1990 g/mol. The number of rotatable bonds is 62. The smallest absolute Gasteiger partial charge is 0.426 e. The molecule has 44 nitrogen and oxygen atoms in total. The first-order chi connectivity index (χ1) is 65.6. The van der Waals surface area contributed by atoms with Crippen LogP contribution in [0.2, 0.25) is 0 Å². The van der Waals surface area contributed by atoms with Gasteiger partial charge in [-0.1, -0.05) is 162 Å². The molecule has 0 radical (unpaired) electrons. The minimum absolute atomic E-state index is 0.0177. The van der Waals surface area contributed by atoms with Gasteiger partial charge in [-0.15, -0.1) is 11.3 Å². The summed E-state index contributed by atoms with van der Waals surface area (Å²) < 4.78 is 16.8. The third kappa shape index (κ3) is 43.3. The van der Waals surface area contributed by atoms with Crippen LogP contribution < -0.4 is 69.8 Å². The number of phenolic OH excluding ortho intramolecular Hbond substituents is 1. The van der Waals surface area contributed by atoms with Gasteiger partial charge >= 0.3 is 53.9 Å². The lowest BCUT2D eigenvalue weighted by Gasteiger charge is -2.39. The highest BCUT2D eigenvalue weighted by Crippen LogP contribution is 2.33. The fraction of sp³-hybridized carbons (Fsp3) is 0.560. The number of hydrogen-bond donors (Lipinski definition) is 19. The van der Waals surface area contributed by atoms with Crippen molar-refractivity contribution in [2.45, 2.75) is 256 Å². The van der Waals surface area contributed by atoms with Crippen LogP contribution in [-0.2, 0) is 110 Å². The van der Waals surface area contributed by atoms with E-state index in [0.717, 1.165) is 45.8 Å². The maximum atomic E-state index is 15.1. The molecule has 13 amide bonds. The molecule has 760 valence electrons. The van der Waals surface area contributed by atoms with Gasteiger partial charge in [0.05, 0.1) is 12.5 Å². The highest BCUT2D eigenvalue weighted by atomic mass is 33.1. The minimum Gasteiger partial charge on any atom is -0.508 e. The second-order valence-corrected chi connectivity index (χ2v) is 37.2. The van der Waals surface area contributed by atoms with Gasteiger partial charge in [0.2, 0.25) is 53.2 Å². The van der Waals surface area contributed by atoms with Crippen molar-refractivity contribution in [2.75, 3.05) is 51.5 Å². The van der Waals surface area contributed by atoms with E-state index in [4.69, 9.17) is 25.1 Å². The Labute approximate surface area is 810 Å². The Balaban J connectivity index is 1.11. The van der Waals surface area contributed by atoms with E-state index < -0.39 is 218 Å². The predicted octanol–water partition coefficient (Wildman–Crippen LogP) is 3.86. The highest BCUT2D eigenvalue weighted by Gasteiger charge is 2.41. The molecular formula is C91H130N16O28S3. The zero-order valence-corrected chi connectivity index (χ0v) is 80.9. The number of piperidine rings is 1. The van der Waals surface area contributed by atoms with Crippen LogP contribution in [0.25, 0.3) is 0 Å². The van der Waals surface area contributed by atoms with Gasteiger partial charge in [-0.25, -0.2) is 34.4 Å². The molecule has 4 aromatic rings. The second kappa shape index (κ2) is 61.4. The van der Waals surface area contributed by atoms with E-state index in [2.05, 4.69) is 63.7 Å². The Kier molecular flexibility index (Phi) is 51.5. The summed E-state index contributed by atoms with van der Waals surface area (Å²) in [6.07, 6.45) is -0.0390. The third-order valence-electron chi connectivity index (χ3n) is 22.2. The molecule has 2 heterocycles. The van der Waals surface area contributed by atoms with E-state index in [1.165, 1.54) is 36.3 Å². The van der Waals surface area contributed by atoms with Crippen LogP contribution in [0, 0.1) is 17.8 Å². The molecule has 1 fully saturated rings. The largest absolute Gasteiger partial charge is 0.508 e. The molecule has 0 bridgehead atoms. The standard InChI is InChI=1S/C91H130N16O28S3/c1-9-23-76(116)134-51-107(86(124)77(53(5)10-2)103-84(123)69-28-20-22-39-106(69)8)70(52(3)4)47-71(135-55(7)108)85-100-67(49-136-85)83(122)95-59(43-58-30-32-60(109)33-31-58)42-54(6)78(117)104-105-91(132)133-40-41-137-138-50-68(89(129)130)99-82(121)66(46-75(114)115)97-79(118)61(92)48-94-80(119)64(44-56-24-15-13-16-25-56)98-81(120)65(45-57-26-17-14-18-27-57)96-73(111)29-19-11-12-21-38-93-72(110)36-34-62(87(125)126)101-90(131)102-63(88(127)128)35-37-74(112)113/h13-18,24-27,30-33,49,52-54,59,61-66,68-71,77,109H,9-12,19-23,28-29,34-48,50-51,92H2,1-8H3,(H,93,110)(H,94,119)(H,95,122)(H,96,111)(H,97,118)(H,98,120)(H,99,121)(H,103,123)(H,104,117)(H,105,132)(H,112,113)(H,114,115)(H,125,126)(H,127,128)(H,129,130)(H2,101,102,131)/t53?,54-,59+,61-,62-,63-,64-,65-,66-,68-,69?,70+,71+,77-/m0/s1. The number of unbranched alkanes of at least 4 members (excludes halogenated alkanes) is 3. The lowest BCUT2D eigenvalue weighted by atomic mass is 9.92. The summed E-state index contributed by atoms with van der Waals surface area (Å²) in [6, 6.07) is 7.77. The number of aromatic nitrogens is 1. The number of phenols is 1. The topological polar surface area (TPSA) is 663 Å². The normalized spacial score (nSPS) is 15.2. The van der Waals surface area contributed by atoms with Gasteiger partial charge in [0.15, 0.2) is 12.8 Å². The average molecular weight is 1990 g/mol. The van der Waals surface area contributed by atoms with Gasteiger partial charge in [-0.2, -0.15) is 0 Å². The van der Waals surface area contributed by atoms with Gasteiger partial charge < -0.3 is 109 Å². The molecule has 14 atom stereocenters. The first kappa shape index (κ1) is 116. The number of esters is 2. The molecule has 3 aromatic carbocycles. The summed E-state index contributed by atoms with van der Waals surface area (Å²) in [4.78, 5) is 256. The summed E-state index contributed by atoms with van der Waals surface area (Å²) in [5, 5.41) is 84.4. The SMILES string of the molecule is CCCC(=O)OCN(C(=O)[C@@H](NC(=O)C1CCCCN1C)C(C)CC)[C@H](C[C@@H](OC(C)=O)c1nc(C(=O)N[C@@H](Cc2ccc(O)cc2)C[C@H](C)C(=O)NNC(=O)OCCSSC[C@H](NC(=O)[C@H](CC(=O)O)NC(=O)[C@@H](N)CNC(=O)[C@H](Cc2ccccc2)NC(=O)[C@H](Cc2ccccc2)NC(=O)CCCCCCNC(=O)CC[C@H](NC(=O)N[C@@H](CCC(=O)O)C(=O)O)C(=O)O)C(=O)O)cs1)C(C)C. The molecule has 1 aliphatic rings. The molecule has 47 heteroatoms. The number of thiazole rings is 1. The van der Waals surface area contributed by atoms with Crippen molar-refractivity contribution in [1.82, 2.24) is 78.8 Å².